The van der Waals surface area contributed by atoms with E-state index in [0.29, 0.717) is 0 Å². The molecule has 0 bridgehead atoms. The van der Waals surface area contributed by atoms with Crippen LogP contribution in [0.3, 0.4) is 0 Å². The lowest BCUT2D eigenvalue weighted by atomic mass is 9.66. The summed E-state index contributed by atoms with van der Waals surface area (Å²) >= 11 is 3.41. The smallest absolute Gasteiger partial charge is 0.123 e. The van der Waals surface area contributed by atoms with Gasteiger partial charge in [0.1, 0.15) is 11.5 Å². The maximum atomic E-state index is 11.3. The average molecular weight is 667 g/mol. The van der Waals surface area contributed by atoms with Gasteiger partial charge in [-0.05, 0) is 137 Å². The van der Waals surface area contributed by atoms with Crippen LogP contribution in [0.5, 0.6) is 11.5 Å². The summed E-state index contributed by atoms with van der Waals surface area (Å²) in [4.78, 5) is 0. The van der Waals surface area contributed by atoms with Gasteiger partial charge in [-0.25, -0.2) is 0 Å². The van der Waals surface area contributed by atoms with Gasteiger partial charge in [0, 0.05) is 11.1 Å². The summed E-state index contributed by atoms with van der Waals surface area (Å²) in [5, 5.41) is 31.2. The lowest BCUT2D eigenvalue weighted by molar-refractivity contribution is 0.477. The summed E-state index contributed by atoms with van der Waals surface area (Å²) in [5.41, 5.74) is 14.2. The molecule has 0 unspecified atom stereocenters. The first-order valence-corrected chi connectivity index (χ1v) is 18.1. The van der Waals surface area contributed by atoms with Crippen molar-refractivity contribution in [2.75, 3.05) is 0 Å². The SMILES string of the molecule is Oc1ccc(C2(c3ccc(O)c(-c4ccccc4)c3)c3ccc(-c4ccsc4)cc3-c3cc(-c4ccsc4)ccc32)cc1-c1ccccc1. The summed E-state index contributed by atoms with van der Waals surface area (Å²) < 4.78 is 0. The van der Waals surface area contributed by atoms with Crippen LogP contribution in [0.2, 0.25) is 0 Å². The van der Waals surface area contributed by atoms with E-state index in [1.54, 1.807) is 22.7 Å². The summed E-state index contributed by atoms with van der Waals surface area (Å²) in [6.45, 7) is 0. The van der Waals surface area contributed by atoms with Crippen molar-refractivity contribution in [2.45, 2.75) is 5.41 Å². The Morgan fingerprint density at radius 2 is 0.816 bits per heavy atom. The first kappa shape index (κ1) is 29.5. The van der Waals surface area contributed by atoms with Crippen LogP contribution < -0.4 is 0 Å². The highest BCUT2D eigenvalue weighted by molar-refractivity contribution is 7.08. The van der Waals surface area contributed by atoms with Gasteiger partial charge in [-0.3, -0.25) is 0 Å². The summed E-state index contributed by atoms with van der Waals surface area (Å²) in [7, 11) is 0. The minimum atomic E-state index is -0.751. The third-order valence-corrected chi connectivity index (χ3v) is 11.2. The van der Waals surface area contributed by atoms with Gasteiger partial charge in [-0.15, -0.1) is 0 Å². The van der Waals surface area contributed by atoms with Crippen molar-refractivity contribution in [1.29, 1.82) is 0 Å². The lowest BCUT2D eigenvalue weighted by Gasteiger charge is -2.35. The third kappa shape index (κ3) is 4.75. The van der Waals surface area contributed by atoms with Crippen molar-refractivity contribution in [3.63, 3.8) is 0 Å². The summed E-state index contributed by atoms with van der Waals surface area (Å²) in [6.07, 6.45) is 0. The van der Waals surface area contributed by atoms with E-state index in [1.807, 2.05) is 72.8 Å². The molecule has 0 atom stereocenters. The molecule has 2 heterocycles. The molecular formula is C45H30O2S2. The Morgan fingerprint density at radius 3 is 1.22 bits per heavy atom. The number of benzene rings is 6. The van der Waals surface area contributed by atoms with Crippen LogP contribution in [-0.4, -0.2) is 10.2 Å². The van der Waals surface area contributed by atoms with Crippen LogP contribution in [0.4, 0.5) is 0 Å². The molecule has 9 rings (SSSR count). The monoisotopic (exact) mass is 666 g/mol. The van der Waals surface area contributed by atoms with Crippen molar-refractivity contribution in [2.24, 2.45) is 0 Å². The molecule has 1 aliphatic carbocycles. The Morgan fingerprint density at radius 1 is 0.367 bits per heavy atom. The van der Waals surface area contributed by atoms with Gasteiger partial charge in [0.05, 0.1) is 5.41 Å². The summed E-state index contributed by atoms with van der Waals surface area (Å²) in [6, 6.07) is 50.3. The second kappa shape index (κ2) is 11.8. The van der Waals surface area contributed by atoms with E-state index in [4.69, 9.17) is 0 Å². The van der Waals surface area contributed by atoms with Gasteiger partial charge in [0.15, 0.2) is 0 Å². The molecule has 0 spiro atoms. The Bertz CT molecular complexity index is 2270. The van der Waals surface area contributed by atoms with Crippen molar-refractivity contribution in [3.8, 4) is 67.1 Å². The molecule has 2 N–H and O–H groups in total. The van der Waals surface area contributed by atoms with Crippen molar-refractivity contribution < 1.29 is 10.2 Å². The zero-order chi connectivity index (χ0) is 33.0. The van der Waals surface area contributed by atoms with E-state index in [9.17, 15) is 10.2 Å². The molecule has 6 aromatic carbocycles. The first-order valence-electron chi connectivity index (χ1n) is 16.2. The lowest BCUT2D eigenvalue weighted by Crippen LogP contribution is -2.28. The van der Waals surface area contributed by atoms with Gasteiger partial charge in [0.25, 0.3) is 0 Å². The third-order valence-electron chi connectivity index (χ3n) is 9.88. The Labute approximate surface area is 293 Å². The number of hydrogen-bond donors (Lipinski definition) is 2. The molecule has 0 amide bonds. The zero-order valence-electron chi connectivity index (χ0n) is 26.4. The molecule has 4 heteroatoms. The molecule has 234 valence electrons. The Kier molecular flexibility index (Phi) is 7.08. The Balaban J connectivity index is 1.39. The fourth-order valence-electron chi connectivity index (χ4n) is 7.57. The van der Waals surface area contributed by atoms with Crippen LogP contribution in [0.1, 0.15) is 22.3 Å². The molecule has 0 saturated carbocycles. The highest BCUT2D eigenvalue weighted by Crippen LogP contribution is 2.58. The van der Waals surface area contributed by atoms with Crippen LogP contribution in [0.15, 0.2) is 167 Å². The van der Waals surface area contributed by atoms with Crippen LogP contribution in [0, 0.1) is 0 Å². The van der Waals surface area contributed by atoms with E-state index >= 15 is 0 Å². The largest absolute Gasteiger partial charge is 0.507 e. The molecule has 2 nitrogen and oxygen atoms in total. The van der Waals surface area contributed by atoms with E-state index < -0.39 is 5.41 Å². The van der Waals surface area contributed by atoms with Crippen LogP contribution >= 0.6 is 22.7 Å². The van der Waals surface area contributed by atoms with Crippen LogP contribution in [0.25, 0.3) is 55.6 Å². The van der Waals surface area contributed by atoms with Gasteiger partial charge in [-0.2, -0.15) is 22.7 Å². The van der Waals surface area contributed by atoms with E-state index in [2.05, 4.69) is 94.3 Å². The summed E-state index contributed by atoms with van der Waals surface area (Å²) in [5.74, 6) is 0.472. The second-order valence-corrected chi connectivity index (χ2v) is 14.1. The zero-order valence-corrected chi connectivity index (χ0v) is 28.0. The molecule has 1 aliphatic rings. The minimum absolute atomic E-state index is 0.236. The minimum Gasteiger partial charge on any atom is -0.507 e. The molecule has 0 fully saturated rings. The predicted octanol–water partition coefficient (Wildman–Crippen LogP) is 12.3. The fourth-order valence-corrected chi connectivity index (χ4v) is 8.90. The molecule has 49 heavy (non-hydrogen) atoms. The van der Waals surface area contributed by atoms with Crippen molar-refractivity contribution in [3.05, 3.63) is 189 Å². The second-order valence-electron chi connectivity index (χ2n) is 12.5. The van der Waals surface area contributed by atoms with Gasteiger partial charge < -0.3 is 10.2 Å². The van der Waals surface area contributed by atoms with Crippen LogP contribution in [-0.2, 0) is 5.41 Å². The van der Waals surface area contributed by atoms with Gasteiger partial charge in [0.2, 0.25) is 0 Å². The normalized spacial score (nSPS) is 12.8. The van der Waals surface area contributed by atoms with Crippen molar-refractivity contribution in [1.82, 2.24) is 0 Å². The molecule has 0 radical (unpaired) electrons. The van der Waals surface area contributed by atoms with E-state index in [-0.39, 0.29) is 11.5 Å². The number of phenols is 2. The number of thiophene rings is 2. The van der Waals surface area contributed by atoms with Gasteiger partial charge >= 0.3 is 0 Å². The number of rotatable bonds is 6. The maximum Gasteiger partial charge on any atom is 0.123 e. The standard InChI is InChI=1S/C45H30O2S2/c46-43-17-13-35(25-37(43)29-7-3-1-4-8-29)45(36-14-18-44(47)38(26-36)30-9-5-2-6-10-30)41-15-11-31(33-19-21-48-27-33)23-39(41)40-24-32(12-16-42(40)45)34-20-22-49-28-34/h1-28,46-47H. The molecule has 8 aromatic rings. The van der Waals surface area contributed by atoms with E-state index in [0.717, 1.165) is 33.4 Å². The quantitative estimate of drug-likeness (QED) is 0.185. The highest BCUT2D eigenvalue weighted by Gasteiger charge is 2.47. The number of hydrogen-bond acceptors (Lipinski definition) is 4. The number of aromatic hydroxyl groups is 2. The molecule has 0 aliphatic heterocycles. The Hall–Kier alpha value is -5.68. The average Bonchev–Trinajstić information content (AvgIpc) is 3.94. The van der Waals surface area contributed by atoms with E-state index in [1.165, 1.54) is 44.5 Å². The molecular weight excluding hydrogens is 637 g/mol. The number of phenolic OH excluding ortho intramolecular Hbond substituents is 2. The molecule has 2 aromatic heterocycles. The first-order chi connectivity index (χ1) is 24.1. The van der Waals surface area contributed by atoms with Gasteiger partial charge in [-0.1, -0.05) is 97.1 Å². The van der Waals surface area contributed by atoms with Crippen molar-refractivity contribution >= 4 is 22.7 Å². The highest BCUT2D eigenvalue weighted by atomic mass is 32.1. The topological polar surface area (TPSA) is 40.5 Å². The number of fused-ring (bicyclic) bond motifs is 3. The fraction of sp³-hybridized carbons (Fsp3) is 0.0222. The maximum absolute atomic E-state index is 11.3. The predicted molar refractivity (Wildman–Crippen MR) is 205 cm³/mol. The molecule has 0 saturated heterocycles.